The van der Waals surface area contributed by atoms with Crippen molar-refractivity contribution in [1.82, 2.24) is 9.88 Å². The summed E-state index contributed by atoms with van der Waals surface area (Å²) in [6.07, 6.45) is 3.58. The van der Waals surface area contributed by atoms with E-state index < -0.39 is 0 Å². The standard InChI is InChI=1S/C10H14ClN3O/c11-7-4-9(13-5-7)10(15)14-3-1-2-8(12)6-14/h4-5,8,13H,1-3,6,12H2/t8-/m1/s1. The zero-order valence-electron chi connectivity index (χ0n) is 8.37. The van der Waals surface area contributed by atoms with Crippen molar-refractivity contribution in [3.63, 3.8) is 0 Å². The number of carbonyl (C=O) groups excluding carboxylic acids is 1. The van der Waals surface area contributed by atoms with Gasteiger partial charge in [-0.3, -0.25) is 4.79 Å². The van der Waals surface area contributed by atoms with Gasteiger partial charge in [-0.15, -0.1) is 0 Å². The van der Waals surface area contributed by atoms with E-state index in [-0.39, 0.29) is 11.9 Å². The molecule has 0 saturated carbocycles. The van der Waals surface area contributed by atoms with Crippen LogP contribution in [0, 0.1) is 0 Å². The van der Waals surface area contributed by atoms with Crippen LogP contribution >= 0.6 is 11.6 Å². The molecule has 1 saturated heterocycles. The molecule has 0 radical (unpaired) electrons. The van der Waals surface area contributed by atoms with E-state index in [4.69, 9.17) is 17.3 Å². The molecule has 0 spiro atoms. The zero-order chi connectivity index (χ0) is 10.8. The predicted molar refractivity (Wildman–Crippen MR) is 58.9 cm³/mol. The minimum Gasteiger partial charge on any atom is -0.356 e. The van der Waals surface area contributed by atoms with Crippen LogP contribution in [0.15, 0.2) is 12.3 Å². The molecule has 1 aromatic rings. The van der Waals surface area contributed by atoms with Crippen LogP contribution in [-0.4, -0.2) is 34.9 Å². The minimum absolute atomic E-state index is 0.0166. The molecule has 0 unspecified atom stereocenters. The fourth-order valence-electron chi connectivity index (χ4n) is 1.86. The van der Waals surface area contributed by atoms with Crippen molar-refractivity contribution >= 4 is 17.5 Å². The summed E-state index contributed by atoms with van der Waals surface area (Å²) in [6.45, 7) is 1.42. The van der Waals surface area contributed by atoms with Gasteiger partial charge in [0.05, 0.1) is 5.02 Å². The number of carbonyl (C=O) groups is 1. The van der Waals surface area contributed by atoms with E-state index in [9.17, 15) is 4.79 Å². The number of aromatic amines is 1. The van der Waals surface area contributed by atoms with E-state index in [0.717, 1.165) is 19.4 Å². The monoisotopic (exact) mass is 227 g/mol. The van der Waals surface area contributed by atoms with Crippen molar-refractivity contribution in [2.45, 2.75) is 18.9 Å². The number of amides is 1. The van der Waals surface area contributed by atoms with Gasteiger partial charge in [0.15, 0.2) is 0 Å². The van der Waals surface area contributed by atoms with Crippen molar-refractivity contribution in [3.8, 4) is 0 Å². The Hall–Kier alpha value is -1.00. The third kappa shape index (κ3) is 2.33. The average Bonchev–Trinajstić information content (AvgIpc) is 2.64. The molecule has 1 fully saturated rings. The fraction of sp³-hybridized carbons (Fsp3) is 0.500. The van der Waals surface area contributed by atoms with Crippen LogP contribution < -0.4 is 5.73 Å². The van der Waals surface area contributed by atoms with Crippen molar-refractivity contribution < 1.29 is 4.79 Å². The van der Waals surface area contributed by atoms with E-state index in [1.54, 1.807) is 17.2 Å². The van der Waals surface area contributed by atoms with Gasteiger partial charge in [-0.2, -0.15) is 0 Å². The Bertz CT molecular complexity index is 363. The topological polar surface area (TPSA) is 62.1 Å². The van der Waals surface area contributed by atoms with Crippen LogP contribution in [0.2, 0.25) is 5.02 Å². The van der Waals surface area contributed by atoms with Gasteiger partial charge < -0.3 is 15.6 Å². The van der Waals surface area contributed by atoms with E-state index in [0.29, 0.717) is 17.3 Å². The first-order chi connectivity index (χ1) is 7.16. The summed E-state index contributed by atoms with van der Waals surface area (Å²) in [5, 5.41) is 0.555. The average molecular weight is 228 g/mol. The maximum absolute atomic E-state index is 11.9. The molecule has 82 valence electrons. The largest absolute Gasteiger partial charge is 0.356 e. The molecule has 1 aromatic heterocycles. The Balaban J connectivity index is 2.07. The number of hydrogen-bond acceptors (Lipinski definition) is 2. The minimum atomic E-state index is -0.0166. The number of H-pyrrole nitrogens is 1. The number of nitrogens with two attached hydrogens (primary N) is 1. The third-order valence-electron chi connectivity index (χ3n) is 2.62. The Morgan fingerprint density at radius 2 is 2.47 bits per heavy atom. The van der Waals surface area contributed by atoms with Gasteiger partial charge in [0.2, 0.25) is 0 Å². The molecule has 3 N–H and O–H groups in total. The number of likely N-dealkylation sites (tertiary alicyclic amines) is 1. The lowest BCUT2D eigenvalue weighted by atomic mass is 10.1. The third-order valence-corrected chi connectivity index (χ3v) is 2.84. The van der Waals surface area contributed by atoms with E-state index >= 15 is 0 Å². The van der Waals surface area contributed by atoms with Gasteiger partial charge in [-0.05, 0) is 18.9 Å². The van der Waals surface area contributed by atoms with E-state index in [2.05, 4.69) is 4.98 Å². The first kappa shape index (κ1) is 10.5. The van der Waals surface area contributed by atoms with Gasteiger partial charge in [0.25, 0.3) is 5.91 Å². The zero-order valence-corrected chi connectivity index (χ0v) is 9.13. The highest BCUT2D eigenvalue weighted by molar-refractivity contribution is 6.30. The van der Waals surface area contributed by atoms with Crippen molar-refractivity contribution in [3.05, 3.63) is 23.0 Å². The molecular weight excluding hydrogens is 214 g/mol. The fourth-order valence-corrected chi connectivity index (χ4v) is 2.02. The Morgan fingerprint density at radius 1 is 1.67 bits per heavy atom. The van der Waals surface area contributed by atoms with Crippen LogP contribution in [0.4, 0.5) is 0 Å². The van der Waals surface area contributed by atoms with E-state index in [1.807, 2.05) is 0 Å². The summed E-state index contributed by atoms with van der Waals surface area (Å²) in [7, 11) is 0. The smallest absolute Gasteiger partial charge is 0.270 e. The van der Waals surface area contributed by atoms with Crippen LogP contribution in [-0.2, 0) is 0 Å². The van der Waals surface area contributed by atoms with Crippen LogP contribution in [0.5, 0.6) is 0 Å². The lowest BCUT2D eigenvalue weighted by Gasteiger charge is -2.30. The Labute approximate surface area is 93.4 Å². The van der Waals surface area contributed by atoms with Gasteiger partial charge in [0.1, 0.15) is 5.69 Å². The molecule has 5 heteroatoms. The maximum Gasteiger partial charge on any atom is 0.270 e. The highest BCUT2D eigenvalue weighted by atomic mass is 35.5. The molecule has 0 bridgehead atoms. The lowest BCUT2D eigenvalue weighted by molar-refractivity contribution is 0.0703. The molecule has 15 heavy (non-hydrogen) atoms. The predicted octanol–water partition coefficient (Wildman–Crippen LogP) is 1.23. The summed E-state index contributed by atoms with van der Waals surface area (Å²) in [4.78, 5) is 16.6. The van der Waals surface area contributed by atoms with Gasteiger partial charge in [0, 0.05) is 25.3 Å². The second kappa shape index (κ2) is 4.24. The van der Waals surface area contributed by atoms with Crippen molar-refractivity contribution in [1.29, 1.82) is 0 Å². The molecular formula is C10H14ClN3O. The van der Waals surface area contributed by atoms with Crippen molar-refractivity contribution in [2.75, 3.05) is 13.1 Å². The molecule has 1 amide bonds. The normalized spacial score (nSPS) is 21.7. The number of nitrogens with zero attached hydrogens (tertiary/aromatic N) is 1. The highest BCUT2D eigenvalue weighted by Gasteiger charge is 2.22. The van der Waals surface area contributed by atoms with Gasteiger partial charge >= 0.3 is 0 Å². The molecule has 0 aliphatic carbocycles. The Morgan fingerprint density at radius 3 is 3.07 bits per heavy atom. The molecule has 2 heterocycles. The molecule has 0 aromatic carbocycles. The van der Waals surface area contributed by atoms with Crippen LogP contribution in [0.1, 0.15) is 23.3 Å². The summed E-state index contributed by atoms with van der Waals surface area (Å²) in [6, 6.07) is 1.75. The number of halogens is 1. The van der Waals surface area contributed by atoms with Crippen LogP contribution in [0.3, 0.4) is 0 Å². The lowest BCUT2D eigenvalue weighted by Crippen LogP contribution is -2.45. The molecule has 1 aliphatic rings. The quantitative estimate of drug-likeness (QED) is 0.758. The highest BCUT2D eigenvalue weighted by Crippen LogP contribution is 2.15. The first-order valence-corrected chi connectivity index (χ1v) is 5.43. The molecule has 1 aliphatic heterocycles. The number of aromatic nitrogens is 1. The van der Waals surface area contributed by atoms with Gasteiger partial charge in [-0.1, -0.05) is 11.6 Å². The van der Waals surface area contributed by atoms with Gasteiger partial charge in [-0.25, -0.2) is 0 Å². The maximum atomic E-state index is 11.9. The second-order valence-corrected chi connectivity index (χ2v) is 4.32. The number of hydrogen-bond donors (Lipinski definition) is 2. The Kier molecular flexibility index (Phi) is 2.98. The van der Waals surface area contributed by atoms with E-state index in [1.165, 1.54) is 0 Å². The molecule has 4 nitrogen and oxygen atoms in total. The van der Waals surface area contributed by atoms with Crippen molar-refractivity contribution in [2.24, 2.45) is 5.73 Å². The SMILES string of the molecule is N[C@@H]1CCCN(C(=O)c2cc(Cl)c[nH]2)C1. The second-order valence-electron chi connectivity index (χ2n) is 3.89. The van der Waals surface area contributed by atoms with Crippen LogP contribution in [0.25, 0.3) is 0 Å². The summed E-state index contributed by atoms with van der Waals surface area (Å²) in [5.74, 6) is -0.0166. The number of rotatable bonds is 1. The summed E-state index contributed by atoms with van der Waals surface area (Å²) in [5.41, 5.74) is 6.35. The molecule has 2 rings (SSSR count). The molecule has 1 atom stereocenters. The number of nitrogens with one attached hydrogen (secondary N) is 1. The number of piperidine rings is 1. The summed E-state index contributed by atoms with van der Waals surface area (Å²) < 4.78 is 0. The first-order valence-electron chi connectivity index (χ1n) is 5.05. The summed E-state index contributed by atoms with van der Waals surface area (Å²) >= 11 is 5.75.